The summed E-state index contributed by atoms with van der Waals surface area (Å²) in [5, 5.41) is 14.5. The van der Waals surface area contributed by atoms with E-state index in [4.69, 9.17) is 4.74 Å². The van der Waals surface area contributed by atoms with Gasteiger partial charge in [-0.1, -0.05) is 0 Å². The van der Waals surface area contributed by atoms with Crippen LogP contribution in [-0.4, -0.2) is 11.8 Å². The van der Waals surface area contributed by atoms with Crippen molar-refractivity contribution in [2.75, 3.05) is 6.61 Å². The highest BCUT2D eigenvalue weighted by molar-refractivity contribution is 5.71. The third-order valence-corrected chi connectivity index (χ3v) is 1.67. The first-order chi connectivity index (χ1) is 6.31. The van der Waals surface area contributed by atoms with Gasteiger partial charge in [-0.2, -0.15) is 0 Å². The lowest BCUT2D eigenvalue weighted by molar-refractivity contribution is -0.782. The van der Waals surface area contributed by atoms with Gasteiger partial charge in [0.2, 0.25) is 5.52 Å². The van der Waals surface area contributed by atoms with E-state index in [2.05, 4.69) is 9.79 Å². The van der Waals surface area contributed by atoms with Crippen molar-refractivity contribution in [3.63, 3.8) is 0 Å². The largest absolute Gasteiger partial charge is 0.494 e. The van der Waals surface area contributed by atoms with Crippen molar-refractivity contribution in [1.29, 1.82) is 0 Å². The van der Waals surface area contributed by atoms with Crippen LogP contribution in [0, 0.1) is 5.21 Å². The van der Waals surface area contributed by atoms with E-state index in [9.17, 15) is 5.21 Å². The zero-order chi connectivity index (χ0) is 9.26. The molecule has 1 heterocycles. The lowest BCUT2D eigenvalue weighted by Crippen LogP contribution is -2.22. The minimum atomic E-state index is 0.366. The van der Waals surface area contributed by atoms with E-state index in [1.165, 1.54) is 0 Å². The van der Waals surface area contributed by atoms with Gasteiger partial charge in [0.1, 0.15) is 5.75 Å². The molecule has 0 radical (unpaired) electrons. The molecule has 5 nitrogen and oxygen atoms in total. The standard InChI is InChI=1S/C8H8N2O3/c1-2-12-6-3-4-8-7(5-6)9-13-10(8)11/h3-5H,2H2,1H3. The topological polar surface area (TPSA) is 62.2 Å². The van der Waals surface area contributed by atoms with Crippen LogP contribution >= 0.6 is 0 Å². The van der Waals surface area contributed by atoms with Crippen molar-refractivity contribution in [3.05, 3.63) is 23.4 Å². The normalized spacial score (nSPS) is 10.5. The molecule has 0 fully saturated rings. The molecule has 0 unspecified atom stereocenters. The Bertz CT molecular complexity index is 424. The van der Waals surface area contributed by atoms with Crippen LogP contribution in [0.2, 0.25) is 0 Å². The zero-order valence-electron chi connectivity index (χ0n) is 7.06. The summed E-state index contributed by atoms with van der Waals surface area (Å²) in [6.45, 7) is 2.47. The molecule has 0 spiro atoms. The first-order valence-electron chi connectivity index (χ1n) is 3.93. The van der Waals surface area contributed by atoms with Crippen LogP contribution in [0.3, 0.4) is 0 Å². The molecule has 1 aromatic carbocycles. The second-order valence-electron chi connectivity index (χ2n) is 2.51. The first kappa shape index (κ1) is 7.85. The molecule has 1 aromatic heterocycles. The fourth-order valence-electron chi connectivity index (χ4n) is 1.11. The summed E-state index contributed by atoms with van der Waals surface area (Å²) in [7, 11) is 0. The van der Waals surface area contributed by atoms with E-state index in [0.717, 1.165) is 0 Å². The number of hydrogen-bond donors (Lipinski definition) is 0. The summed E-state index contributed by atoms with van der Waals surface area (Å²) < 4.78 is 9.63. The van der Waals surface area contributed by atoms with Gasteiger partial charge in [0.15, 0.2) is 0 Å². The van der Waals surface area contributed by atoms with Crippen molar-refractivity contribution in [2.45, 2.75) is 6.92 Å². The lowest BCUT2D eigenvalue weighted by atomic mass is 10.3. The Morgan fingerprint density at radius 3 is 3.23 bits per heavy atom. The maximum absolute atomic E-state index is 10.9. The highest BCUT2D eigenvalue weighted by Crippen LogP contribution is 2.16. The van der Waals surface area contributed by atoms with E-state index in [0.29, 0.717) is 28.3 Å². The minimum Gasteiger partial charge on any atom is -0.494 e. The van der Waals surface area contributed by atoms with Gasteiger partial charge < -0.3 is 9.94 Å². The van der Waals surface area contributed by atoms with Crippen LogP contribution < -0.4 is 9.64 Å². The number of ether oxygens (including phenoxy) is 1. The number of aromatic nitrogens is 2. The summed E-state index contributed by atoms with van der Waals surface area (Å²) in [6, 6.07) is 4.98. The predicted molar refractivity (Wildman–Crippen MR) is 44.1 cm³/mol. The molecule has 0 aliphatic heterocycles. The van der Waals surface area contributed by atoms with Crippen LogP contribution in [-0.2, 0) is 0 Å². The SMILES string of the molecule is CCOc1ccc2c(c1)no[n+]2[O-]. The van der Waals surface area contributed by atoms with E-state index in [1.807, 2.05) is 6.92 Å². The predicted octanol–water partition coefficient (Wildman–Crippen LogP) is 0.860. The maximum Gasteiger partial charge on any atom is 0.252 e. The number of nitrogens with zero attached hydrogens (tertiary/aromatic N) is 2. The van der Waals surface area contributed by atoms with E-state index < -0.39 is 0 Å². The second-order valence-corrected chi connectivity index (χ2v) is 2.51. The molecule has 2 aromatic rings. The van der Waals surface area contributed by atoms with Crippen LogP contribution in [0.15, 0.2) is 22.8 Å². The van der Waals surface area contributed by atoms with Gasteiger partial charge in [0.25, 0.3) is 5.52 Å². The molecule has 0 saturated carbocycles. The maximum atomic E-state index is 10.9. The van der Waals surface area contributed by atoms with Crippen molar-refractivity contribution in [1.82, 2.24) is 5.16 Å². The summed E-state index contributed by atoms with van der Waals surface area (Å²) in [6.07, 6.45) is 0. The van der Waals surface area contributed by atoms with Gasteiger partial charge in [-0.25, -0.2) is 0 Å². The van der Waals surface area contributed by atoms with Gasteiger partial charge in [-0.05, 0) is 24.0 Å². The Balaban J connectivity index is 2.50. The molecule has 13 heavy (non-hydrogen) atoms. The Hall–Kier alpha value is -1.78. The van der Waals surface area contributed by atoms with Crippen LogP contribution in [0.4, 0.5) is 0 Å². The van der Waals surface area contributed by atoms with Gasteiger partial charge in [-0.15, -0.1) is 0 Å². The van der Waals surface area contributed by atoms with Gasteiger partial charge in [0.05, 0.1) is 6.61 Å². The summed E-state index contributed by atoms with van der Waals surface area (Å²) in [4.78, 5) is 0.366. The molecule has 0 atom stereocenters. The van der Waals surface area contributed by atoms with E-state index in [1.54, 1.807) is 18.2 Å². The van der Waals surface area contributed by atoms with E-state index >= 15 is 0 Å². The molecule has 68 valence electrons. The lowest BCUT2D eigenvalue weighted by Gasteiger charge is -1.99. The van der Waals surface area contributed by atoms with Crippen molar-refractivity contribution >= 4 is 11.0 Å². The molecule has 0 aliphatic rings. The molecule has 0 aliphatic carbocycles. The molecular weight excluding hydrogens is 172 g/mol. The molecular formula is C8H8N2O3. The Kier molecular flexibility index (Phi) is 1.77. The fraction of sp³-hybridized carbons (Fsp3) is 0.250. The number of rotatable bonds is 2. The summed E-state index contributed by atoms with van der Waals surface area (Å²) in [5.74, 6) is 0.684. The van der Waals surface area contributed by atoms with Crippen molar-refractivity contribution in [2.24, 2.45) is 0 Å². The molecule has 0 amide bonds. The highest BCUT2D eigenvalue weighted by Gasteiger charge is 2.09. The minimum absolute atomic E-state index is 0.366. The average Bonchev–Trinajstić information content (AvgIpc) is 2.48. The third-order valence-electron chi connectivity index (χ3n) is 1.67. The van der Waals surface area contributed by atoms with Crippen LogP contribution in [0.1, 0.15) is 6.92 Å². The monoisotopic (exact) mass is 180 g/mol. The molecule has 5 heteroatoms. The smallest absolute Gasteiger partial charge is 0.252 e. The summed E-state index contributed by atoms with van der Waals surface area (Å²) in [5.41, 5.74) is 0.907. The Morgan fingerprint density at radius 1 is 1.62 bits per heavy atom. The Labute approximate surface area is 74.1 Å². The second kappa shape index (κ2) is 2.93. The number of benzene rings is 1. The quantitative estimate of drug-likeness (QED) is 0.643. The van der Waals surface area contributed by atoms with E-state index in [-0.39, 0.29) is 0 Å². The molecule has 2 rings (SSSR count). The molecule has 0 N–H and O–H groups in total. The number of fused-ring (bicyclic) bond motifs is 1. The fourth-order valence-corrected chi connectivity index (χ4v) is 1.11. The van der Waals surface area contributed by atoms with Crippen molar-refractivity contribution < 1.29 is 14.3 Å². The average molecular weight is 180 g/mol. The zero-order valence-corrected chi connectivity index (χ0v) is 7.06. The van der Waals surface area contributed by atoms with Crippen LogP contribution in [0.25, 0.3) is 11.0 Å². The van der Waals surface area contributed by atoms with Crippen molar-refractivity contribution in [3.8, 4) is 5.75 Å². The van der Waals surface area contributed by atoms with Gasteiger partial charge >= 0.3 is 0 Å². The molecule has 0 saturated heterocycles. The van der Waals surface area contributed by atoms with Gasteiger partial charge in [0, 0.05) is 11.2 Å². The molecule has 0 bridgehead atoms. The summed E-state index contributed by atoms with van der Waals surface area (Å²) >= 11 is 0. The highest BCUT2D eigenvalue weighted by atomic mass is 16.8. The third kappa shape index (κ3) is 1.28. The van der Waals surface area contributed by atoms with Gasteiger partial charge in [-0.3, -0.25) is 4.63 Å². The first-order valence-corrected chi connectivity index (χ1v) is 3.93. The van der Waals surface area contributed by atoms with Crippen LogP contribution in [0.5, 0.6) is 5.75 Å². The number of hydrogen-bond acceptors (Lipinski definition) is 4. The Morgan fingerprint density at radius 2 is 2.46 bits per heavy atom.